The fraction of sp³-hybridized carbons (Fsp3) is 0.136. The zero-order valence-electron chi connectivity index (χ0n) is 15.1. The minimum atomic E-state index is -1.10. The van der Waals surface area contributed by atoms with Gasteiger partial charge in [0.2, 0.25) is 0 Å². The number of nitrogens with zero attached hydrogens (tertiary/aromatic N) is 1. The first kappa shape index (κ1) is 19.1. The molecule has 0 fully saturated rings. The average molecular weight is 376 g/mol. The van der Waals surface area contributed by atoms with E-state index in [0.29, 0.717) is 17.9 Å². The molecule has 142 valence electrons. The molecule has 6 heteroatoms. The van der Waals surface area contributed by atoms with Gasteiger partial charge < -0.3 is 15.2 Å². The van der Waals surface area contributed by atoms with Crippen molar-refractivity contribution in [2.75, 3.05) is 0 Å². The predicted octanol–water partition coefficient (Wildman–Crippen LogP) is 3.09. The number of hydrogen-bond donors (Lipinski definition) is 2. The van der Waals surface area contributed by atoms with Gasteiger partial charge in [-0.15, -0.1) is 0 Å². The summed E-state index contributed by atoms with van der Waals surface area (Å²) in [4.78, 5) is 27.7. The van der Waals surface area contributed by atoms with Crippen molar-refractivity contribution >= 4 is 11.9 Å². The van der Waals surface area contributed by atoms with Crippen LogP contribution >= 0.6 is 0 Å². The van der Waals surface area contributed by atoms with Gasteiger partial charge in [0.1, 0.15) is 18.4 Å². The molecule has 1 heterocycles. The molecule has 0 unspecified atom stereocenters. The number of hydrogen-bond acceptors (Lipinski definition) is 4. The Labute approximate surface area is 162 Å². The Bertz CT molecular complexity index is 930. The van der Waals surface area contributed by atoms with Crippen molar-refractivity contribution in [3.63, 3.8) is 0 Å². The highest BCUT2D eigenvalue weighted by atomic mass is 16.5. The van der Waals surface area contributed by atoms with Gasteiger partial charge in [-0.3, -0.25) is 9.78 Å². The van der Waals surface area contributed by atoms with Crippen LogP contribution in [0.5, 0.6) is 5.75 Å². The lowest BCUT2D eigenvalue weighted by atomic mass is 10.1. The highest BCUT2D eigenvalue weighted by molar-refractivity contribution is 5.96. The first-order valence-electron chi connectivity index (χ1n) is 8.81. The van der Waals surface area contributed by atoms with Crippen LogP contribution in [0.25, 0.3) is 0 Å². The Balaban J connectivity index is 1.64. The molecule has 1 amide bonds. The van der Waals surface area contributed by atoms with Gasteiger partial charge in [0, 0.05) is 24.4 Å². The second-order valence-corrected chi connectivity index (χ2v) is 6.23. The fourth-order valence-electron chi connectivity index (χ4n) is 2.68. The molecule has 0 saturated heterocycles. The number of rotatable bonds is 8. The Morgan fingerprint density at radius 1 is 0.964 bits per heavy atom. The van der Waals surface area contributed by atoms with Gasteiger partial charge in [0.25, 0.3) is 5.91 Å². The molecule has 1 atom stereocenters. The summed E-state index contributed by atoms with van der Waals surface area (Å²) >= 11 is 0. The number of carbonyl (C=O) groups excluding carboxylic acids is 1. The van der Waals surface area contributed by atoms with E-state index in [0.717, 1.165) is 11.1 Å². The molecule has 2 N–H and O–H groups in total. The largest absolute Gasteiger partial charge is 0.489 e. The highest BCUT2D eigenvalue weighted by Gasteiger charge is 2.21. The van der Waals surface area contributed by atoms with Crippen LogP contribution in [0.2, 0.25) is 0 Å². The van der Waals surface area contributed by atoms with Crippen LogP contribution in [0.1, 0.15) is 21.5 Å². The van der Waals surface area contributed by atoms with E-state index in [9.17, 15) is 14.7 Å². The second kappa shape index (κ2) is 9.32. The van der Waals surface area contributed by atoms with E-state index in [4.69, 9.17) is 4.74 Å². The van der Waals surface area contributed by atoms with E-state index in [1.54, 1.807) is 12.1 Å². The normalized spacial score (nSPS) is 11.4. The molecule has 0 aliphatic carbocycles. The maximum atomic E-state index is 12.2. The van der Waals surface area contributed by atoms with Crippen molar-refractivity contribution in [2.45, 2.75) is 19.1 Å². The minimum Gasteiger partial charge on any atom is -0.489 e. The smallest absolute Gasteiger partial charge is 0.326 e. The number of nitrogens with one attached hydrogen (secondary N) is 1. The molecular weight excluding hydrogens is 356 g/mol. The molecule has 28 heavy (non-hydrogen) atoms. The quantitative estimate of drug-likeness (QED) is 0.631. The SMILES string of the molecule is O=C(N[C@@H](Cc1cccc(OCc2ccccc2)c1)C(=O)O)c1ccncc1. The summed E-state index contributed by atoms with van der Waals surface area (Å²) in [6.45, 7) is 0.422. The van der Waals surface area contributed by atoms with Crippen molar-refractivity contribution in [1.29, 1.82) is 0 Å². The summed E-state index contributed by atoms with van der Waals surface area (Å²) < 4.78 is 5.78. The molecule has 6 nitrogen and oxygen atoms in total. The number of aromatic nitrogens is 1. The lowest BCUT2D eigenvalue weighted by Crippen LogP contribution is -2.42. The summed E-state index contributed by atoms with van der Waals surface area (Å²) in [5.41, 5.74) is 2.16. The number of pyridine rings is 1. The van der Waals surface area contributed by atoms with Gasteiger partial charge in [0.05, 0.1) is 0 Å². The van der Waals surface area contributed by atoms with Crippen molar-refractivity contribution in [2.24, 2.45) is 0 Å². The maximum Gasteiger partial charge on any atom is 0.326 e. The number of amides is 1. The molecule has 0 bridgehead atoms. The Kier molecular flexibility index (Phi) is 6.36. The molecule has 0 radical (unpaired) electrons. The summed E-state index contributed by atoms with van der Waals surface area (Å²) in [7, 11) is 0. The van der Waals surface area contributed by atoms with Gasteiger partial charge in [-0.1, -0.05) is 42.5 Å². The second-order valence-electron chi connectivity index (χ2n) is 6.23. The highest BCUT2D eigenvalue weighted by Crippen LogP contribution is 2.17. The van der Waals surface area contributed by atoms with Crippen LogP contribution in [0, 0.1) is 0 Å². The molecular formula is C22H20N2O4. The molecule has 0 spiro atoms. The van der Waals surface area contributed by atoms with Crippen LogP contribution in [0.15, 0.2) is 79.1 Å². The molecule has 2 aromatic carbocycles. The lowest BCUT2D eigenvalue weighted by molar-refractivity contribution is -0.139. The molecule has 0 saturated carbocycles. The van der Waals surface area contributed by atoms with Crippen molar-refractivity contribution in [3.05, 3.63) is 95.8 Å². The molecule has 0 aliphatic rings. The number of carboxylic acids is 1. The molecule has 0 aliphatic heterocycles. The first-order valence-corrected chi connectivity index (χ1v) is 8.81. The monoisotopic (exact) mass is 376 g/mol. The predicted molar refractivity (Wildman–Crippen MR) is 104 cm³/mol. The fourth-order valence-corrected chi connectivity index (χ4v) is 2.68. The summed E-state index contributed by atoms with van der Waals surface area (Å²) in [5, 5.41) is 12.0. The maximum absolute atomic E-state index is 12.2. The number of carbonyl (C=O) groups is 2. The standard InChI is InChI=1S/C22H20N2O4/c25-21(18-9-11-23-12-10-18)24-20(22(26)27)14-17-7-4-8-19(13-17)28-15-16-5-2-1-3-6-16/h1-13,20H,14-15H2,(H,24,25)(H,26,27)/t20-/m0/s1. The average Bonchev–Trinajstić information content (AvgIpc) is 2.73. The Morgan fingerprint density at radius 2 is 1.68 bits per heavy atom. The van der Waals surface area contributed by atoms with Crippen LogP contribution in [-0.2, 0) is 17.8 Å². The molecule has 1 aromatic heterocycles. The van der Waals surface area contributed by atoms with E-state index in [2.05, 4.69) is 10.3 Å². The minimum absolute atomic E-state index is 0.148. The Morgan fingerprint density at radius 3 is 2.39 bits per heavy atom. The molecule has 3 rings (SSSR count). The summed E-state index contributed by atoms with van der Waals surface area (Å²) in [5.74, 6) is -0.907. The third kappa shape index (κ3) is 5.41. The van der Waals surface area contributed by atoms with E-state index < -0.39 is 17.9 Å². The van der Waals surface area contributed by atoms with Gasteiger partial charge in [-0.05, 0) is 35.4 Å². The van der Waals surface area contributed by atoms with Gasteiger partial charge >= 0.3 is 5.97 Å². The van der Waals surface area contributed by atoms with Crippen LogP contribution < -0.4 is 10.1 Å². The lowest BCUT2D eigenvalue weighted by Gasteiger charge is -2.15. The zero-order valence-corrected chi connectivity index (χ0v) is 15.1. The van der Waals surface area contributed by atoms with Gasteiger partial charge in [0.15, 0.2) is 0 Å². The zero-order chi connectivity index (χ0) is 19.8. The van der Waals surface area contributed by atoms with Crippen molar-refractivity contribution in [3.8, 4) is 5.75 Å². The number of ether oxygens (including phenoxy) is 1. The number of aliphatic carboxylic acids is 1. The van der Waals surface area contributed by atoms with Crippen molar-refractivity contribution < 1.29 is 19.4 Å². The van der Waals surface area contributed by atoms with Crippen LogP contribution in [-0.4, -0.2) is 28.0 Å². The van der Waals surface area contributed by atoms with Crippen LogP contribution in [0.4, 0.5) is 0 Å². The van der Waals surface area contributed by atoms with E-state index >= 15 is 0 Å². The topological polar surface area (TPSA) is 88.5 Å². The van der Waals surface area contributed by atoms with E-state index in [1.165, 1.54) is 24.5 Å². The van der Waals surface area contributed by atoms with E-state index in [1.807, 2.05) is 42.5 Å². The number of carboxylic acid groups (broad SMARTS) is 1. The summed E-state index contributed by atoms with van der Waals surface area (Å²) in [6, 6.07) is 19.0. The van der Waals surface area contributed by atoms with Crippen molar-refractivity contribution in [1.82, 2.24) is 10.3 Å². The van der Waals surface area contributed by atoms with Gasteiger partial charge in [-0.2, -0.15) is 0 Å². The third-order valence-electron chi connectivity index (χ3n) is 4.13. The molecule has 3 aromatic rings. The van der Waals surface area contributed by atoms with E-state index in [-0.39, 0.29) is 6.42 Å². The van der Waals surface area contributed by atoms with Gasteiger partial charge in [-0.25, -0.2) is 4.79 Å². The first-order chi connectivity index (χ1) is 13.6. The van der Waals surface area contributed by atoms with Crippen LogP contribution in [0.3, 0.4) is 0 Å². The summed E-state index contributed by atoms with van der Waals surface area (Å²) in [6.07, 6.45) is 3.12. The number of benzene rings is 2. The Hall–Kier alpha value is -3.67. The third-order valence-corrected chi connectivity index (χ3v) is 4.13.